The number of rotatable bonds is 16. The van der Waals surface area contributed by atoms with Gasteiger partial charge in [0.05, 0.1) is 0 Å². The van der Waals surface area contributed by atoms with Crippen molar-refractivity contribution in [1.29, 1.82) is 0 Å². The van der Waals surface area contributed by atoms with E-state index < -0.39 is 12.0 Å². The van der Waals surface area contributed by atoms with E-state index >= 15 is 0 Å². The maximum absolute atomic E-state index is 12.3. The molecule has 6 heteroatoms. The van der Waals surface area contributed by atoms with E-state index in [4.69, 9.17) is 0 Å². The second-order valence-electron chi connectivity index (χ2n) is 9.91. The quantitative estimate of drug-likeness (QED) is 0.280. The first-order chi connectivity index (χ1) is 15.6. The van der Waals surface area contributed by atoms with Gasteiger partial charge in [-0.05, 0) is 48.8 Å². The van der Waals surface area contributed by atoms with E-state index in [1.165, 1.54) is 31.2 Å². The number of carboxylic acids is 1. The summed E-state index contributed by atoms with van der Waals surface area (Å²) in [6.45, 7) is 9.05. The lowest BCUT2D eigenvalue weighted by Crippen LogP contribution is -2.40. The summed E-state index contributed by atoms with van der Waals surface area (Å²) in [5, 5.41) is 14.9. The molecule has 0 bridgehead atoms. The van der Waals surface area contributed by atoms with Crippen LogP contribution in [0.3, 0.4) is 0 Å². The minimum atomic E-state index is -1.01. The summed E-state index contributed by atoms with van der Waals surface area (Å²) in [5.41, 5.74) is 1.83. The van der Waals surface area contributed by atoms with Gasteiger partial charge >= 0.3 is 5.97 Å². The lowest BCUT2D eigenvalue weighted by atomic mass is 9.87. The van der Waals surface area contributed by atoms with Gasteiger partial charge in [-0.3, -0.25) is 9.59 Å². The van der Waals surface area contributed by atoms with Crippen LogP contribution in [0.15, 0.2) is 24.3 Å². The Morgan fingerprint density at radius 1 is 0.879 bits per heavy atom. The van der Waals surface area contributed by atoms with Gasteiger partial charge in [-0.15, -0.1) is 0 Å². The molecule has 0 saturated heterocycles. The number of carbonyl (C=O) groups excluding carboxylic acids is 2. The Bertz CT molecular complexity index is 723. The van der Waals surface area contributed by atoms with E-state index in [1.807, 2.05) is 24.3 Å². The molecule has 186 valence electrons. The highest BCUT2D eigenvalue weighted by molar-refractivity contribution is 5.94. The summed E-state index contributed by atoms with van der Waals surface area (Å²) in [4.78, 5) is 35.9. The third-order valence-electron chi connectivity index (χ3n) is 5.86. The highest BCUT2D eigenvalue weighted by Gasteiger charge is 2.19. The SMILES string of the molecule is CCCCCCCCCC(=O)NC(CCCCNC(=O)c1ccc(C(C)(C)C)cc1)C(=O)O. The molecule has 0 heterocycles. The molecule has 33 heavy (non-hydrogen) atoms. The zero-order valence-electron chi connectivity index (χ0n) is 21.0. The molecule has 0 saturated carbocycles. The van der Waals surface area contributed by atoms with Gasteiger partial charge in [0, 0.05) is 18.5 Å². The predicted molar refractivity (Wildman–Crippen MR) is 134 cm³/mol. The molecule has 0 aliphatic heterocycles. The van der Waals surface area contributed by atoms with Crippen molar-refractivity contribution in [3.8, 4) is 0 Å². The van der Waals surface area contributed by atoms with Gasteiger partial charge < -0.3 is 15.7 Å². The molecule has 0 aliphatic rings. The Kier molecular flexibility index (Phi) is 13.4. The number of aliphatic carboxylic acids is 1. The molecule has 1 rings (SSSR count). The first kappa shape index (κ1) is 28.7. The first-order valence-corrected chi connectivity index (χ1v) is 12.6. The number of nitrogens with one attached hydrogen (secondary N) is 2. The Morgan fingerprint density at radius 2 is 1.48 bits per heavy atom. The normalized spacial score (nSPS) is 12.2. The molecular weight excluding hydrogens is 416 g/mol. The van der Waals surface area contributed by atoms with Crippen molar-refractivity contribution >= 4 is 17.8 Å². The molecule has 1 unspecified atom stereocenters. The topological polar surface area (TPSA) is 95.5 Å². The van der Waals surface area contributed by atoms with Gasteiger partial charge in [0.25, 0.3) is 5.91 Å². The average Bonchev–Trinajstić information content (AvgIpc) is 2.76. The molecule has 6 nitrogen and oxygen atoms in total. The van der Waals surface area contributed by atoms with Gasteiger partial charge in [0.2, 0.25) is 5.91 Å². The van der Waals surface area contributed by atoms with Crippen molar-refractivity contribution in [2.75, 3.05) is 6.54 Å². The Labute approximate surface area is 199 Å². The standard InChI is InChI=1S/C27H44N2O4/c1-5-6-7-8-9-10-11-15-24(30)29-23(26(32)33)14-12-13-20-28-25(31)21-16-18-22(19-17-21)27(2,3)4/h16-19,23H,5-15,20H2,1-4H3,(H,28,31)(H,29,30)(H,32,33). The van der Waals surface area contributed by atoms with E-state index in [0.29, 0.717) is 37.8 Å². The molecular formula is C27H44N2O4. The van der Waals surface area contributed by atoms with Gasteiger partial charge in [-0.2, -0.15) is 0 Å². The zero-order chi connectivity index (χ0) is 24.7. The van der Waals surface area contributed by atoms with Crippen molar-refractivity contribution in [3.63, 3.8) is 0 Å². The van der Waals surface area contributed by atoms with Gasteiger partial charge in [-0.1, -0.05) is 78.4 Å². The van der Waals surface area contributed by atoms with Crippen molar-refractivity contribution in [2.24, 2.45) is 0 Å². The summed E-state index contributed by atoms with van der Waals surface area (Å²) >= 11 is 0. The number of unbranched alkanes of at least 4 members (excludes halogenated alkanes) is 7. The molecule has 0 spiro atoms. The number of carboxylic acid groups (broad SMARTS) is 1. The van der Waals surface area contributed by atoms with Crippen molar-refractivity contribution in [3.05, 3.63) is 35.4 Å². The molecule has 2 amide bonds. The van der Waals surface area contributed by atoms with Crippen LogP contribution in [-0.2, 0) is 15.0 Å². The highest BCUT2D eigenvalue weighted by atomic mass is 16.4. The lowest BCUT2D eigenvalue weighted by Gasteiger charge is -2.19. The Balaban J connectivity index is 2.25. The Morgan fingerprint density at radius 3 is 2.06 bits per heavy atom. The maximum Gasteiger partial charge on any atom is 0.326 e. The second-order valence-corrected chi connectivity index (χ2v) is 9.91. The molecule has 1 aromatic rings. The van der Waals surface area contributed by atoms with E-state index in [2.05, 4.69) is 38.3 Å². The minimum absolute atomic E-state index is 0.0410. The molecule has 0 fully saturated rings. The molecule has 3 N–H and O–H groups in total. The summed E-state index contributed by atoms with van der Waals surface area (Å²) in [5.74, 6) is -1.33. The lowest BCUT2D eigenvalue weighted by molar-refractivity contribution is -0.142. The number of hydrogen-bond acceptors (Lipinski definition) is 3. The van der Waals surface area contributed by atoms with Crippen LogP contribution in [0.25, 0.3) is 0 Å². The van der Waals surface area contributed by atoms with Crippen LogP contribution in [0.1, 0.15) is 114 Å². The fourth-order valence-electron chi connectivity index (χ4n) is 3.67. The van der Waals surface area contributed by atoms with E-state index in [9.17, 15) is 19.5 Å². The summed E-state index contributed by atoms with van der Waals surface area (Å²) in [6.07, 6.45) is 9.85. The minimum Gasteiger partial charge on any atom is -0.480 e. The summed E-state index contributed by atoms with van der Waals surface area (Å²) in [7, 11) is 0. The number of benzene rings is 1. The molecule has 0 aromatic heterocycles. The van der Waals surface area contributed by atoms with Crippen LogP contribution in [0.5, 0.6) is 0 Å². The van der Waals surface area contributed by atoms with Crippen LogP contribution in [-0.4, -0.2) is 35.5 Å². The third kappa shape index (κ3) is 12.4. The number of amides is 2. The first-order valence-electron chi connectivity index (χ1n) is 12.6. The molecule has 1 atom stereocenters. The van der Waals surface area contributed by atoms with Crippen LogP contribution in [0.4, 0.5) is 0 Å². The van der Waals surface area contributed by atoms with Crippen molar-refractivity contribution < 1.29 is 19.5 Å². The van der Waals surface area contributed by atoms with Crippen molar-refractivity contribution in [1.82, 2.24) is 10.6 Å². The van der Waals surface area contributed by atoms with E-state index in [0.717, 1.165) is 19.3 Å². The van der Waals surface area contributed by atoms with Crippen LogP contribution < -0.4 is 10.6 Å². The van der Waals surface area contributed by atoms with Crippen molar-refractivity contribution in [2.45, 2.75) is 110 Å². The van der Waals surface area contributed by atoms with Gasteiger partial charge in [-0.25, -0.2) is 4.79 Å². The van der Waals surface area contributed by atoms with Gasteiger partial charge in [0.1, 0.15) is 6.04 Å². The monoisotopic (exact) mass is 460 g/mol. The van der Waals surface area contributed by atoms with Crippen LogP contribution >= 0.6 is 0 Å². The summed E-state index contributed by atoms with van der Waals surface area (Å²) < 4.78 is 0. The fraction of sp³-hybridized carbons (Fsp3) is 0.667. The number of carbonyl (C=O) groups is 3. The molecule has 1 aromatic carbocycles. The highest BCUT2D eigenvalue weighted by Crippen LogP contribution is 2.22. The van der Waals surface area contributed by atoms with E-state index in [1.54, 1.807) is 0 Å². The smallest absolute Gasteiger partial charge is 0.326 e. The molecule has 0 aliphatic carbocycles. The Hall–Kier alpha value is -2.37. The summed E-state index contributed by atoms with van der Waals surface area (Å²) in [6, 6.07) is 6.74. The zero-order valence-corrected chi connectivity index (χ0v) is 21.0. The number of hydrogen-bond donors (Lipinski definition) is 3. The average molecular weight is 461 g/mol. The van der Waals surface area contributed by atoms with E-state index in [-0.39, 0.29) is 17.2 Å². The van der Waals surface area contributed by atoms with Gasteiger partial charge in [0.15, 0.2) is 0 Å². The second kappa shape index (κ2) is 15.5. The van der Waals surface area contributed by atoms with Crippen LogP contribution in [0, 0.1) is 0 Å². The predicted octanol–water partition coefficient (Wildman–Crippen LogP) is 5.59. The third-order valence-corrected chi connectivity index (χ3v) is 5.86. The largest absolute Gasteiger partial charge is 0.480 e. The maximum atomic E-state index is 12.3. The van der Waals surface area contributed by atoms with Crippen LogP contribution in [0.2, 0.25) is 0 Å². The fourth-order valence-corrected chi connectivity index (χ4v) is 3.67. The molecule has 0 radical (unpaired) electrons.